The van der Waals surface area contributed by atoms with Crippen LogP contribution in [0.3, 0.4) is 0 Å². The van der Waals surface area contributed by atoms with Gasteiger partial charge in [-0.2, -0.15) is 18.2 Å². The van der Waals surface area contributed by atoms with Crippen LogP contribution in [-0.2, 0) is 42.5 Å². The average molecular weight is 650 g/mol. The number of carbonyl (C=O) groups excluding carboxylic acids is 1. The van der Waals surface area contributed by atoms with Crippen molar-refractivity contribution in [2.24, 2.45) is 0 Å². The number of rotatable bonds is 9. The number of nitrogens with zero attached hydrogens (tertiary/aromatic N) is 3. The molecule has 7 nitrogen and oxygen atoms in total. The SMILES string of the molecule is COC(=O)c1onc(Cn2c(SCc3ccc(F)cc3)nc(=O)c3c2CCC3)c1Cc1ccc(-c2ccc(C(F)(F)F)cc2)cc1. The van der Waals surface area contributed by atoms with Gasteiger partial charge >= 0.3 is 12.1 Å². The number of hydrogen-bond donors (Lipinski definition) is 0. The van der Waals surface area contributed by atoms with Crippen molar-refractivity contribution in [3.8, 4) is 11.1 Å². The maximum Gasteiger partial charge on any atom is 0.416 e. The van der Waals surface area contributed by atoms with Gasteiger partial charge in [-0.05, 0) is 65.8 Å². The Morgan fingerprint density at radius 3 is 2.26 bits per heavy atom. The molecule has 5 aromatic rings. The van der Waals surface area contributed by atoms with Gasteiger partial charge in [0.15, 0.2) is 5.16 Å². The molecule has 0 atom stereocenters. The molecule has 0 bridgehead atoms. The van der Waals surface area contributed by atoms with Crippen LogP contribution in [0.4, 0.5) is 17.6 Å². The number of benzene rings is 3. The third kappa shape index (κ3) is 6.62. The van der Waals surface area contributed by atoms with Crippen LogP contribution in [-0.4, -0.2) is 27.8 Å². The van der Waals surface area contributed by atoms with E-state index in [0.29, 0.717) is 46.1 Å². The number of methoxy groups -OCH3 is 1. The second-order valence-electron chi connectivity index (χ2n) is 10.9. The van der Waals surface area contributed by atoms with Crippen LogP contribution < -0.4 is 5.56 Å². The summed E-state index contributed by atoms with van der Waals surface area (Å²) in [5.41, 5.74) is 4.53. The zero-order chi connectivity index (χ0) is 32.4. The van der Waals surface area contributed by atoms with Crippen LogP contribution in [0, 0.1) is 5.82 Å². The van der Waals surface area contributed by atoms with Gasteiger partial charge in [0.2, 0.25) is 5.76 Å². The van der Waals surface area contributed by atoms with Gasteiger partial charge in [0.25, 0.3) is 5.56 Å². The molecule has 0 saturated heterocycles. The summed E-state index contributed by atoms with van der Waals surface area (Å²) in [6, 6.07) is 18.3. The molecule has 46 heavy (non-hydrogen) atoms. The second-order valence-corrected chi connectivity index (χ2v) is 11.8. The number of hydrogen-bond acceptors (Lipinski definition) is 7. The van der Waals surface area contributed by atoms with E-state index in [1.807, 2.05) is 16.7 Å². The zero-order valence-electron chi connectivity index (χ0n) is 24.6. The smallest absolute Gasteiger partial charge is 0.416 e. The number of ether oxygens (including phenoxy) is 1. The fourth-order valence-electron chi connectivity index (χ4n) is 5.51. The molecule has 0 amide bonds. The third-order valence-electron chi connectivity index (χ3n) is 7.91. The Kier molecular flexibility index (Phi) is 8.81. The highest BCUT2D eigenvalue weighted by atomic mass is 32.2. The summed E-state index contributed by atoms with van der Waals surface area (Å²) in [4.78, 5) is 30.0. The van der Waals surface area contributed by atoms with Crippen molar-refractivity contribution in [1.29, 1.82) is 0 Å². The van der Waals surface area contributed by atoms with E-state index in [0.717, 1.165) is 40.9 Å². The number of carbonyl (C=O) groups is 1. The van der Waals surface area contributed by atoms with Gasteiger partial charge in [0.1, 0.15) is 11.5 Å². The molecule has 236 valence electrons. The van der Waals surface area contributed by atoms with Crippen molar-refractivity contribution in [1.82, 2.24) is 14.7 Å². The Morgan fingerprint density at radius 1 is 0.957 bits per heavy atom. The maximum absolute atomic E-state index is 13.4. The first kappa shape index (κ1) is 31.3. The molecule has 0 radical (unpaired) electrons. The third-order valence-corrected chi connectivity index (χ3v) is 8.96. The Hall–Kier alpha value is -4.71. The van der Waals surface area contributed by atoms with E-state index in [2.05, 4.69) is 10.1 Å². The zero-order valence-corrected chi connectivity index (χ0v) is 25.4. The quantitative estimate of drug-likeness (QED) is 0.0719. The van der Waals surface area contributed by atoms with Gasteiger partial charge in [-0.1, -0.05) is 65.4 Å². The van der Waals surface area contributed by atoms with Gasteiger partial charge in [0, 0.05) is 29.0 Å². The Bertz CT molecular complexity index is 1930. The molecule has 3 aromatic carbocycles. The largest absolute Gasteiger partial charge is 0.463 e. The summed E-state index contributed by atoms with van der Waals surface area (Å²) in [6.45, 7) is 0.181. The molecule has 0 aliphatic heterocycles. The molecule has 6 rings (SSSR count). The Morgan fingerprint density at radius 2 is 1.61 bits per heavy atom. The van der Waals surface area contributed by atoms with Crippen molar-refractivity contribution in [3.63, 3.8) is 0 Å². The van der Waals surface area contributed by atoms with Gasteiger partial charge < -0.3 is 13.8 Å². The van der Waals surface area contributed by atoms with Crippen molar-refractivity contribution in [2.45, 2.75) is 49.3 Å². The molecule has 2 aromatic heterocycles. The van der Waals surface area contributed by atoms with E-state index in [-0.39, 0.29) is 30.1 Å². The molecule has 0 spiro atoms. The minimum absolute atomic E-state index is 0.0459. The van der Waals surface area contributed by atoms with Crippen LogP contribution in [0.15, 0.2) is 87.3 Å². The molecule has 0 N–H and O–H groups in total. The van der Waals surface area contributed by atoms with Gasteiger partial charge in [-0.3, -0.25) is 4.79 Å². The molecule has 12 heteroatoms. The van der Waals surface area contributed by atoms with Crippen LogP contribution in [0.25, 0.3) is 11.1 Å². The maximum atomic E-state index is 13.4. The highest BCUT2D eigenvalue weighted by Gasteiger charge is 2.30. The van der Waals surface area contributed by atoms with Crippen molar-refractivity contribution in [3.05, 3.63) is 134 Å². The minimum Gasteiger partial charge on any atom is -0.463 e. The summed E-state index contributed by atoms with van der Waals surface area (Å²) in [7, 11) is 1.25. The van der Waals surface area contributed by atoms with Crippen molar-refractivity contribution >= 4 is 17.7 Å². The highest BCUT2D eigenvalue weighted by molar-refractivity contribution is 7.98. The highest BCUT2D eigenvalue weighted by Crippen LogP contribution is 2.32. The van der Waals surface area contributed by atoms with Crippen molar-refractivity contribution in [2.75, 3.05) is 7.11 Å². The molecule has 1 aliphatic carbocycles. The lowest BCUT2D eigenvalue weighted by molar-refractivity contribution is -0.137. The lowest BCUT2D eigenvalue weighted by Crippen LogP contribution is -2.22. The first-order valence-electron chi connectivity index (χ1n) is 14.4. The number of halogens is 4. The number of esters is 1. The molecular formula is C34H27F4N3O4S. The summed E-state index contributed by atoms with van der Waals surface area (Å²) in [5.74, 6) is -0.620. The Labute approximate surface area is 265 Å². The summed E-state index contributed by atoms with van der Waals surface area (Å²) < 4.78 is 64.8. The normalized spacial score (nSPS) is 12.7. The number of fused-ring (bicyclic) bond motifs is 1. The first-order chi connectivity index (χ1) is 22.1. The van der Waals surface area contributed by atoms with E-state index < -0.39 is 17.7 Å². The second kappa shape index (κ2) is 13.0. The molecule has 2 heterocycles. The fraction of sp³-hybridized carbons (Fsp3) is 0.235. The van der Waals surface area contributed by atoms with E-state index in [9.17, 15) is 27.2 Å². The number of thioether (sulfide) groups is 1. The predicted octanol–water partition coefficient (Wildman–Crippen LogP) is 7.26. The van der Waals surface area contributed by atoms with E-state index in [1.54, 1.807) is 24.3 Å². The molecule has 0 unspecified atom stereocenters. The molecule has 1 aliphatic rings. The summed E-state index contributed by atoms with van der Waals surface area (Å²) in [5, 5.41) is 4.72. The Balaban J connectivity index is 1.30. The molecular weight excluding hydrogens is 622 g/mol. The van der Waals surface area contributed by atoms with E-state index in [1.165, 1.54) is 43.1 Å². The van der Waals surface area contributed by atoms with Crippen LogP contribution in [0.1, 0.15) is 56.2 Å². The van der Waals surface area contributed by atoms with Crippen LogP contribution in [0.2, 0.25) is 0 Å². The lowest BCUT2D eigenvalue weighted by Gasteiger charge is -2.17. The fourth-order valence-corrected chi connectivity index (χ4v) is 6.48. The molecule has 0 fully saturated rings. The van der Waals surface area contributed by atoms with Crippen LogP contribution in [0.5, 0.6) is 0 Å². The van der Waals surface area contributed by atoms with E-state index in [4.69, 9.17) is 9.26 Å². The minimum atomic E-state index is -4.41. The molecule has 0 saturated carbocycles. The lowest BCUT2D eigenvalue weighted by atomic mass is 9.98. The van der Waals surface area contributed by atoms with Gasteiger partial charge in [-0.25, -0.2) is 9.18 Å². The van der Waals surface area contributed by atoms with Crippen molar-refractivity contribution < 1.29 is 31.6 Å². The van der Waals surface area contributed by atoms with Crippen LogP contribution >= 0.6 is 11.8 Å². The number of alkyl halides is 3. The van der Waals surface area contributed by atoms with Gasteiger partial charge in [0.05, 0.1) is 19.2 Å². The standard InChI is InChI=1S/C34H27F4N3O4S/c1-44-32(43)30-27(17-20-5-9-22(10-6-20)23-11-13-24(14-12-23)34(36,37)38)28(40-45-30)18-41-29-4-2-3-26(29)31(42)39-33(41)46-19-21-7-15-25(35)16-8-21/h5-16H,2-4,17-19H2,1H3. The number of aromatic nitrogens is 3. The predicted molar refractivity (Wildman–Crippen MR) is 163 cm³/mol. The summed E-state index contributed by atoms with van der Waals surface area (Å²) >= 11 is 1.35. The van der Waals surface area contributed by atoms with E-state index >= 15 is 0 Å². The summed E-state index contributed by atoms with van der Waals surface area (Å²) in [6.07, 6.45) is -2.05. The first-order valence-corrected chi connectivity index (χ1v) is 15.4. The van der Waals surface area contributed by atoms with Gasteiger partial charge in [-0.15, -0.1) is 0 Å². The monoisotopic (exact) mass is 649 g/mol. The topological polar surface area (TPSA) is 87.2 Å². The average Bonchev–Trinajstić information content (AvgIpc) is 3.70.